The summed E-state index contributed by atoms with van der Waals surface area (Å²) < 4.78 is 0. The summed E-state index contributed by atoms with van der Waals surface area (Å²) in [6.07, 6.45) is 2.35. The Balaban J connectivity index is 1.92. The number of hydrogen-bond donors (Lipinski definition) is 1. The molecule has 0 aromatic carbocycles. The number of piperidine rings is 1. The molecule has 0 bridgehead atoms. The highest BCUT2D eigenvalue weighted by atomic mass is 15.2. The van der Waals surface area contributed by atoms with Gasteiger partial charge in [0, 0.05) is 18.6 Å². The molecule has 0 radical (unpaired) electrons. The van der Waals surface area contributed by atoms with Crippen molar-refractivity contribution in [2.45, 2.75) is 59.5 Å². The molecule has 0 aromatic rings. The second kappa shape index (κ2) is 3.71. The molecule has 1 aliphatic heterocycles. The molecule has 1 heterocycles. The largest absolute Gasteiger partial charge is 0.328 e. The van der Waals surface area contributed by atoms with Gasteiger partial charge in [-0.2, -0.15) is 0 Å². The van der Waals surface area contributed by atoms with Crippen LogP contribution in [-0.2, 0) is 0 Å². The Morgan fingerprint density at radius 2 is 1.75 bits per heavy atom. The predicted molar refractivity (Wildman–Crippen MR) is 69.3 cm³/mol. The van der Waals surface area contributed by atoms with E-state index in [9.17, 15) is 0 Å². The van der Waals surface area contributed by atoms with Crippen molar-refractivity contribution < 1.29 is 0 Å². The molecule has 1 saturated heterocycles. The van der Waals surface area contributed by atoms with E-state index in [1.807, 2.05) is 0 Å². The Kier molecular flexibility index (Phi) is 2.87. The van der Waals surface area contributed by atoms with Crippen molar-refractivity contribution in [2.75, 3.05) is 13.1 Å². The van der Waals surface area contributed by atoms with Gasteiger partial charge in [0.15, 0.2) is 0 Å². The Bertz CT molecular complexity index is 256. The summed E-state index contributed by atoms with van der Waals surface area (Å²) in [6.45, 7) is 14.5. The van der Waals surface area contributed by atoms with Crippen LogP contribution in [0.4, 0.5) is 0 Å². The van der Waals surface area contributed by atoms with Crippen LogP contribution in [0, 0.1) is 16.7 Å². The molecule has 94 valence electrons. The van der Waals surface area contributed by atoms with Crippen LogP contribution in [-0.4, -0.2) is 30.1 Å². The minimum Gasteiger partial charge on any atom is -0.328 e. The van der Waals surface area contributed by atoms with Gasteiger partial charge in [-0.1, -0.05) is 27.7 Å². The highest BCUT2D eigenvalue weighted by Crippen LogP contribution is 2.68. The summed E-state index contributed by atoms with van der Waals surface area (Å²) in [5, 5.41) is 0. The van der Waals surface area contributed by atoms with Crippen LogP contribution < -0.4 is 5.73 Å². The normalized spacial score (nSPS) is 38.6. The molecule has 16 heavy (non-hydrogen) atoms. The molecule has 0 amide bonds. The van der Waals surface area contributed by atoms with Gasteiger partial charge < -0.3 is 10.6 Å². The molecule has 0 spiro atoms. The smallest absolute Gasteiger partial charge is 0.00818 e. The molecule has 2 aliphatic rings. The van der Waals surface area contributed by atoms with Crippen molar-refractivity contribution in [1.29, 1.82) is 0 Å². The van der Waals surface area contributed by atoms with Gasteiger partial charge in [0.1, 0.15) is 0 Å². The first-order valence-electron chi connectivity index (χ1n) is 6.76. The third-order valence-electron chi connectivity index (χ3n) is 5.79. The van der Waals surface area contributed by atoms with Gasteiger partial charge >= 0.3 is 0 Å². The van der Waals surface area contributed by atoms with Crippen LogP contribution in [0.15, 0.2) is 0 Å². The van der Waals surface area contributed by atoms with Crippen molar-refractivity contribution in [1.82, 2.24) is 4.90 Å². The highest BCUT2D eigenvalue weighted by Gasteiger charge is 2.64. The molecule has 2 fully saturated rings. The van der Waals surface area contributed by atoms with E-state index in [0.29, 0.717) is 22.9 Å². The summed E-state index contributed by atoms with van der Waals surface area (Å²) in [5.41, 5.74) is 7.05. The van der Waals surface area contributed by atoms with E-state index in [4.69, 9.17) is 5.73 Å². The van der Waals surface area contributed by atoms with Crippen LogP contribution in [0.1, 0.15) is 47.5 Å². The summed E-state index contributed by atoms with van der Waals surface area (Å²) in [6, 6.07) is 1.11. The Morgan fingerprint density at radius 1 is 1.19 bits per heavy atom. The van der Waals surface area contributed by atoms with E-state index in [0.717, 1.165) is 5.92 Å². The fourth-order valence-corrected chi connectivity index (χ4v) is 3.55. The summed E-state index contributed by atoms with van der Waals surface area (Å²) in [7, 11) is 0. The molecule has 1 aliphatic carbocycles. The van der Waals surface area contributed by atoms with Crippen molar-refractivity contribution in [3.63, 3.8) is 0 Å². The van der Waals surface area contributed by atoms with Crippen molar-refractivity contribution in [3.05, 3.63) is 0 Å². The molecule has 1 saturated carbocycles. The monoisotopic (exact) mass is 224 g/mol. The van der Waals surface area contributed by atoms with Crippen LogP contribution in [0.2, 0.25) is 0 Å². The standard InChI is InChI=1S/C14H28N2/c1-10-8-11(15)6-7-16(10)9-12-13(2,3)14(12,4)5/h10-12H,6-9,15H2,1-5H3. The molecule has 0 aromatic heterocycles. The summed E-state index contributed by atoms with van der Waals surface area (Å²) in [4.78, 5) is 2.66. The van der Waals surface area contributed by atoms with E-state index in [1.165, 1.54) is 25.9 Å². The number of nitrogens with zero attached hydrogens (tertiary/aromatic N) is 1. The lowest BCUT2D eigenvalue weighted by Gasteiger charge is -2.36. The zero-order valence-electron chi connectivity index (χ0n) is 11.6. The van der Waals surface area contributed by atoms with Crippen molar-refractivity contribution >= 4 is 0 Å². The number of nitrogens with two attached hydrogens (primary N) is 1. The minimum atomic E-state index is 0.437. The summed E-state index contributed by atoms with van der Waals surface area (Å²) >= 11 is 0. The lowest BCUT2D eigenvalue weighted by atomic mass is 9.98. The fourth-order valence-electron chi connectivity index (χ4n) is 3.55. The predicted octanol–water partition coefficient (Wildman–Crippen LogP) is 2.48. The lowest BCUT2D eigenvalue weighted by molar-refractivity contribution is 0.133. The third-order valence-corrected chi connectivity index (χ3v) is 5.79. The van der Waals surface area contributed by atoms with E-state index in [1.54, 1.807) is 0 Å². The van der Waals surface area contributed by atoms with E-state index >= 15 is 0 Å². The van der Waals surface area contributed by atoms with E-state index < -0.39 is 0 Å². The SMILES string of the molecule is CC1CC(N)CCN1CC1C(C)(C)C1(C)C. The average Bonchev–Trinajstić information content (AvgIpc) is 2.52. The maximum absolute atomic E-state index is 6.01. The van der Waals surface area contributed by atoms with Crippen LogP contribution in [0.5, 0.6) is 0 Å². The first kappa shape index (κ1) is 12.4. The van der Waals surface area contributed by atoms with Crippen LogP contribution in [0.25, 0.3) is 0 Å². The molecule has 2 nitrogen and oxygen atoms in total. The quantitative estimate of drug-likeness (QED) is 0.781. The number of hydrogen-bond acceptors (Lipinski definition) is 2. The molecule has 2 atom stereocenters. The minimum absolute atomic E-state index is 0.437. The topological polar surface area (TPSA) is 29.3 Å². The number of likely N-dealkylation sites (tertiary alicyclic amines) is 1. The molecule has 2 rings (SSSR count). The second-order valence-corrected chi connectivity index (χ2v) is 7.12. The highest BCUT2D eigenvalue weighted by molar-refractivity contribution is 5.13. The summed E-state index contributed by atoms with van der Waals surface area (Å²) in [5.74, 6) is 0.858. The molecular formula is C14H28N2. The van der Waals surface area contributed by atoms with E-state index in [2.05, 4.69) is 39.5 Å². The molecule has 2 heteroatoms. The van der Waals surface area contributed by atoms with Gasteiger partial charge in [-0.3, -0.25) is 0 Å². The fraction of sp³-hybridized carbons (Fsp3) is 1.00. The van der Waals surface area contributed by atoms with Gasteiger partial charge in [-0.25, -0.2) is 0 Å². The molecule has 2 unspecified atom stereocenters. The van der Waals surface area contributed by atoms with Crippen LogP contribution >= 0.6 is 0 Å². The first-order valence-corrected chi connectivity index (χ1v) is 6.76. The van der Waals surface area contributed by atoms with Gasteiger partial charge in [0.2, 0.25) is 0 Å². The lowest BCUT2D eigenvalue weighted by Crippen LogP contribution is -2.46. The van der Waals surface area contributed by atoms with Gasteiger partial charge in [0.25, 0.3) is 0 Å². The maximum atomic E-state index is 6.01. The zero-order valence-corrected chi connectivity index (χ0v) is 11.6. The maximum Gasteiger partial charge on any atom is 0.00818 e. The van der Waals surface area contributed by atoms with Crippen LogP contribution in [0.3, 0.4) is 0 Å². The average molecular weight is 224 g/mol. The Morgan fingerprint density at radius 3 is 2.19 bits per heavy atom. The van der Waals surface area contributed by atoms with Gasteiger partial charge in [-0.15, -0.1) is 0 Å². The molecule has 2 N–H and O–H groups in total. The van der Waals surface area contributed by atoms with Crippen molar-refractivity contribution in [2.24, 2.45) is 22.5 Å². The first-order chi connectivity index (χ1) is 7.26. The Hall–Kier alpha value is -0.0800. The number of rotatable bonds is 2. The van der Waals surface area contributed by atoms with E-state index in [-0.39, 0.29) is 0 Å². The molecular weight excluding hydrogens is 196 g/mol. The second-order valence-electron chi connectivity index (χ2n) is 7.12. The van der Waals surface area contributed by atoms with Crippen molar-refractivity contribution in [3.8, 4) is 0 Å². The van der Waals surface area contributed by atoms with Gasteiger partial charge in [0.05, 0.1) is 0 Å². The zero-order chi connectivity index (χ0) is 12.1. The Labute approximate surface area is 101 Å². The third kappa shape index (κ3) is 1.80. The van der Waals surface area contributed by atoms with Gasteiger partial charge in [-0.05, 0) is 43.1 Å².